The Morgan fingerprint density at radius 2 is 1.76 bits per heavy atom. The first-order chi connectivity index (χ1) is 10.1. The summed E-state index contributed by atoms with van der Waals surface area (Å²) in [5.74, 6) is 1.92. The molecule has 0 aromatic heterocycles. The van der Waals surface area contributed by atoms with Gasteiger partial charge in [0.15, 0.2) is 0 Å². The van der Waals surface area contributed by atoms with Crippen molar-refractivity contribution in [2.75, 3.05) is 13.0 Å². The molecule has 0 aliphatic rings. The highest BCUT2D eigenvalue weighted by atomic mass is 79.9. The van der Waals surface area contributed by atoms with Gasteiger partial charge in [-0.1, -0.05) is 34.1 Å². The Morgan fingerprint density at radius 1 is 1.05 bits per heavy atom. The standard InChI is InChI=1S/C17H17Br2ClO/c1-21-17-6-5-13(10-16(17)19)8-14(11-20)7-12-3-2-4-15(18)9-12/h2-6,9-10,14H,7-8,11H2,1H3. The van der Waals surface area contributed by atoms with Crippen LogP contribution in [-0.4, -0.2) is 13.0 Å². The van der Waals surface area contributed by atoms with Crippen molar-refractivity contribution in [3.8, 4) is 5.75 Å². The van der Waals surface area contributed by atoms with E-state index in [1.807, 2.05) is 12.1 Å². The van der Waals surface area contributed by atoms with Crippen LogP contribution < -0.4 is 4.74 Å². The SMILES string of the molecule is COc1ccc(CC(CCl)Cc2cccc(Br)c2)cc1Br. The summed E-state index contributed by atoms with van der Waals surface area (Å²) < 4.78 is 7.36. The molecule has 0 saturated heterocycles. The Labute approximate surface area is 147 Å². The van der Waals surface area contributed by atoms with Crippen molar-refractivity contribution in [2.45, 2.75) is 12.8 Å². The van der Waals surface area contributed by atoms with Crippen LogP contribution in [0.25, 0.3) is 0 Å². The van der Waals surface area contributed by atoms with Crippen molar-refractivity contribution in [1.29, 1.82) is 0 Å². The van der Waals surface area contributed by atoms with Crippen molar-refractivity contribution < 1.29 is 4.74 Å². The topological polar surface area (TPSA) is 9.23 Å². The van der Waals surface area contributed by atoms with Crippen LogP contribution in [0.3, 0.4) is 0 Å². The highest BCUT2D eigenvalue weighted by Gasteiger charge is 2.11. The number of ether oxygens (including phenoxy) is 1. The number of rotatable bonds is 6. The van der Waals surface area contributed by atoms with Crippen LogP contribution in [0.2, 0.25) is 0 Å². The molecule has 0 amide bonds. The van der Waals surface area contributed by atoms with Gasteiger partial charge in [0.1, 0.15) is 5.75 Å². The second-order valence-corrected chi connectivity index (χ2v) is 7.11. The third-order valence-corrected chi connectivity index (χ3v) is 4.92. The predicted molar refractivity (Wildman–Crippen MR) is 96.5 cm³/mol. The summed E-state index contributed by atoms with van der Waals surface area (Å²) in [5.41, 5.74) is 2.57. The smallest absolute Gasteiger partial charge is 0.133 e. The third kappa shape index (κ3) is 5.01. The number of methoxy groups -OCH3 is 1. The van der Waals surface area contributed by atoms with Gasteiger partial charge in [-0.05, 0) is 70.1 Å². The highest BCUT2D eigenvalue weighted by molar-refractivity contribution is 9.10. The van der Waals surface area contributed by atoms with E-state index in [0.717, 1.165) is 27.5 Å². The fraction of sp³-hybridized carbons (Fsp3) is 0.294. The molecule has 0 spiro atoms. The van der Waals surface area contributed by atoms with E-state index in [0.29, 0.717) is 11.8 Å². The number of benzene rings is 2. The molecule has 0 radical (unpaired) electrons. The van der Waals surface area contributed by atoms with Crippen LogP contribution in [-0.2, 0) is 12.8 Å². The fourth-order valence-corrected chi connectivity index (χ4v) is 3.60. The number of hydrogen-bond donors (Lipinski definition) is 0. The van der Waals surface area contributed by atoms with Crippen molar-refractivity contribution >= 4 is 43.5 Å². The largest absolute Gasteiger partial charge is 0.496 e. The van der Waals surface area contributed by atoms with Gasteiger partial charge >= 0.3 is 0 Å². The van der Waals surface area contributed by atoms with E-state index in [2.05, 4.69) is 62.2 Å². The monoisotopic (exact) mass is 430 g/mol. The summed E-state index contributed by atoms with van der Waals surface area (Å²) in [6, 6.07) is 14.6. The minimum absolute atomic E-state index is 0.418. The molecule has 0 heterocycles. The molecule has 2 rings (SSSR count). The molecule has 21 heavy (non-hydrogen) atoms. The first-order valence-electron chi connectivity index (χ1n) is 6.75. The molecule has 112 valence electrons. The Balaban J connectivity index is 2.07. The Hall–Kier alpha value is -0.510. The van der Waals surface area contributed by atoms with E-state index in [-0.39, 0.29) is 0 Å². The summed E-state index contributed by atoms with van der Waals surface area (Å²) in [7, 11) is 1.68. The van der Waals surface area contributed by atoms with E-state index < -0.39 is 0 Å². The Bertz CT molecular complexity index is 601. The quantitative estimate of drug-likeness (QED) is 0.520. The van der Waals surface area contributed by atoms with Crippen LogP contribution in [0.15, 0.2) is 51.4 Å². The molecule has 2 aromatic rings. The zero-order chi connectivity index (χ0) is 15.2. The summed E-state index contributed by atoms with van der Waals surface area (Å²) in [6.45, 7) is 0. The number of hydrogen-bond acceptors (Lipinski definition) is 1. The number of alkyl halides is 1. The van der Waals surface area contributed by atoms with E-state index >= 15 is 0 Å². The zero-order valence-corrected chi connectivity index (χ0v) is 15.7. The first-order valence-corrected chi connectivity index (χ1v) is 8.87. The van der Waals surface area contributed by atoms with Gasteiger partial charge in [-0.15, -0.1) is 11.6 Å². The molecule has 0 fully saturated rings. The van der Waals surface area contributed by atoms with Gasteiger partial charge < -0.3 is 4.74 Å². The first kappa shape index (κ1) is 16.9. The molecule has 1 atom stereocenters. The lowest BCUT2D eigenvalue weighted by atomic mass is 9.94. The second-order valence-electron chi connectivity index (χ2n) is 5.03. The molecule has 0 N–H and O–H groups in total. The molecule has 2 aromatic carbocycles. The second kappa shape index (κ2) is 8.21. The van der Waals surface area contributed by atoms with E-state index in [9.17, 15) is 0 Å². The van der Waals surface area contributed by atoms with Gasteiger partial charge in [-0.25, -0.2) is 0 Å². The van der Waals surface area contributed by atoms with Crippen LogP contribution in [0, 0.1) is 5.92 Å². The zero-order valence-electron chi connectivity index (χ0n) is 11.8. The summed E-state index contributed by atoms with van der Waals surface area (Å²) in [5, 5.41) is 0. The average molecular weight is 433 g/mol. The van der Waals surface area contributed by atoms with Gasteiger partial charge in [0, 0.05) is 10.4 Å². The molecule has 0 aliphatic heterocycles. The molecule has 0 saturated carbocycles. The van der Waals surface area contributed by atoms with Gasteiger partial charge in [-0.2, -0.15) is 0 Å². The maximum atomic E-state index is 6.16. The van der Waals surface area contributed by atoms with Crippen molar-refractivity contribution in [2.24, 2.45) is 5.92 Å². The molecular weight excluding hydrogens is 415 g/mol. The normalized spacial score (nSPS) is 12.2. The molecule has 1 unspecified atom stereocenters. The van der Waals surface area contributed by atoms with Crippen LogP contribution in [0.5, 0.6) is 5.75 Å². The maximum absolute atomic E-state index is 6.16. The molecule has 1 nitrogen and oxygen atoms in total. The third-order valence-electron chi connectivity index (χ3n) is 3.37. The van der Waals surface area contributed by atoms with Gasteiger partial charge in [0.25, 0.3) is 0 Å². The lowest BCUT2D eigenvalue weighted by Crippen LogP contribution is -2.10. The van der Waals surface area contributed by atoms with E-state index in [1.54, 1.807) is 7.11 Å². The van der Waals surface area contributed by atoms with Gasteiger partial charge in [0.2, 0.25) is 0 Å². The van der Waals surface area contributed by atoms with Gasteiger partial charge in [-0.3, -0.25) is 0 Å². The van der Waals surface area contributed by atoms with Crippen LogP contribution in [0.4, 0.5) is 0 Å². The maximum Gasteiger partial charge on any atom is 0.133 e. The van der Waals surface area contributed by atoms with Crippen molar-refractivity contribution in [1.82, 2.24) is 0 Å². The summed E-state index contributed by atoms with van der Waals surface area (Å²) >= 11 is 13.2. The lowest BCUT2D eigenvalue weighted by molar-refractivity contribution is 0.412. The summed E-state index contributed by atoms with van der Waals surface area (Å²) in [4.78, 5) is 0. The van der Waals surface area contributed by atoms with Crippen LogP contribution in [0.1, 0.15) is 11.1 Å². The molecule has 0 aliphatic carbocycles. The van der Waals surface area contributed by atoms with Gasteiger partial charge in [0.05, 0.1) is 11.6 Å². The average Bonchev–Trinajstić information content (AvgIpc) is 2.47. The lowest BCUT2D eigenvalue weighted by Gasteiger charge is -2.15. The number of halogens is 3. The molecule has 0 bridgehead atoms. The summed E-state index contributed by atoms with van der Waals surface area (Å²) in [6.07, 6.45) is 1.94. The van der Waals surface area contributed by atoms with Crippen molar-refractivity contribution in [3.63, 3.8) is 0 Å². The van der Waals surface area contributed by atoms with Crippen molar-refractivity contribution in [3.05, 3.63) is 62.5 Å². The molecule has 4 heteroatoms. The fourth-order valence-electron chi connectivity index (χ4n) is 2.35. The minimum atomic E-state index is 0.418. The van der Waals surface area contributed by atoms with E-state index in [1.165, 1.54) is 11.1 Å². The Morgan fingerprint density at radius 3 is 2.33 bits per heavy atom. The van der Waals surface area contributed by atoms with E-state index in [4.69, 9.17) is 16.3 Å². The predicted octanol–water partition coefficient (Wildman–Crippen LogP) is 5.86. The minimum Gasteiger partial charge on any atom is -0.496 e. The Kier molecular flexibility index (Phi) is 6.59. The van der Waals surface area contributed by atoms with Crippen LogP contribution >= 0.6 is 43.5 Å². The highest BCUT2D eigenvalue weighted by Crippen LogP contribution is 2.27. The molecular formula is C17H17Br2ClO.